The topological polar surface area (TPSA) is 91.0 Å². The number of rotatable bonds is 4. The summed E-state index contributed by atoms with van der Waals surface area (Å²) in [4.78, 5) is 41.9. The van der Waals surface area contributed by atoms with Crippen molar-refractivity contribution in [3.05, 3.63) is 42.0 Å². The quantitative estimate of drug-likeness (QED) is 0.625. The number of nitrogens with zero attached hydrogens (tertiary/aromatic N) is 2. The molecule has 2 fully saturated rings. The summed E-state index contributed by atoms with van der Waals surface area (Å²) < 4.78 is 5.56. The van der Waals surface area contributed by atoms with Crippen molar-refractivity contribution < 1.29 is 19.1 Å². The van der Waals surface area contributed by atoms with Crippen molar-refractivity contribution in [3.8, 4) is 5.75 Å². The molecule has 0 saturated carbocycles. The molecule has 4 rings (SSSR count). The number of amides is 3. The van der Waals surface area contributed by atoms with E-state index < -0.39 is 5.41 Å². The van der Waals surface area contributed by atoms with Crippen LogP contribution in [0.3, 0.4) is 0 Å². The van der Waals surface area contributed by atoms with E-state index in [1.807, 2.05) is 19.1 Å². The van der Waals surface area contributed by atoms with Gasteiger partial charge in [-0.15, -0.1) is 0 Å². The normalized spacial score (nSPS) is 26.1. The van der Waals surface area contributed by atoms with Crippen LogP contribution in [0.2, 0.25) is 0 Å². The molecule has 8 heteroatoms. The Hall–Kier alpha value is -2.87. The summed E-state index contributed by atoms with van der Waals surface area (Å²) in [6.07, 6.45) is 7.97. The zero-order valence-corrected chi connectivity index (χ0v) is 21.6. The van der Waals surface area contributed by atoms with Gasteiger partial charge in [-0.2, -0.15) is 0 Å². The molecule has 2 atom stereocenters. The molecule has 196 valence electrons. The molecule has 0 aliphatic carbocycles. The Kier molecular flexibility index (Phi) is 8.67. The van der Waals surface area contributed by atoms with Gasteiger partial charge in [0.25, 0.3) is 0 Å². The molecule has 3 aliphatic heterocycles. The first-order valence-electron chi connectivity index (χ1n) is 13.3. The number of fused-ring (bicyclic) bond motifs is 1. The number of benzene rings is 1. The first kappa shape index (κ1) is 26.2. The highest BCUT2D eigenvalue weighted by molar-refractivity contribution is 5.88. The lowest BCUT2D eigenvalue weighted by molar-refractivity contribution is -0.140. The average molecular weight is 497 g/mol. The fourth-order valence-electron chi connectivity index (χ4n) is 5.76. The molecule has 0 aromatic heterocycles. The Morgan fingerprint density at radius 3 is 2.56 bits per heavy atom. The molecule has 1 spiro atoms. The van der Waals surface area contributed by atoms with Crippen molar-refractivity contribution >= 4 is 17.7 Å². The molecule has 0 bridgehead atoms. The van der Waals surface area contributed by atoms with Crippen molar-refractivity contribution in [2.24, 2.45) is 11.3 Å². The molecular formula is C28H40N4O4. The number of carbonyl (C=O) groups is 3. The van der Waals surface area contributed by atoms with E-state index in [-0.39, 0.29) is 30.3 Å². The number of hydrogen-bond donors (Lipinski definition) is 2. The first-order chi connectivity index (χ1) is 17.4. The molecular weight excluding hydrogens is 456 g/mol. The van der Waals surface area contributed by atoms with E-state index in [0.29, 0.717) is 44.9 Å². The molecule has 36 heavy (non-hydrogen) atoms. The van der Waals surface area contributed by atoms with Crippen LogP contribution in [0, 0.1) is 11.3 Å². The number of carbonyl (C=O) groups excluding carboxylic acids is 3. The second-order valence-electron chi connectivity index (χ2n) is 10.4. The van der Waals surface area contributed by atoms with Gasteiger partial charge in [0.15, 0.2) is 0 Å². The lowest BCUT2D eigenvalue weighted by Gasteiger charge is -2.41. The second kappa shape index (κ2) is 11.9. The third kappa shape index (κ3) is 6.46. The second-order valence-corrected chi connectivity index (χ2v) is 10.4. The first-order valence-corrected chi connectivity index (χ1v) is 13.3. The SMILES string of the molecule is CCOc1ccc(CN2CC[C@H]3NC(=O)CNC(=O)C4(C/C=C/C[C@H]3C2)CCN(C(C)=O)CC4)cc1. The largest absolute Gasteiger partial charge is 0.494 e. The van der Waals surface area contributed by atoms with E-state index in [1.165, 1.54) is 5.56 Å². The summed E-state index contributed by atoms with van der Waals surface area (Å²) in [6.45, 7) is 8.08. The van der Waals surface area contributed by atoms with Crippen molar-refractivity contribution in [1.29, 1.82) is 0 Å². The van der Waals surface area contributed by atoms with Gasteiger partial charge >= 0.3 is 0 Å². The Labute approximate surface area is 214 Å². The maximum absolute atomic E-state index is 13.1. The number of likely N-dealkylation sites (tertiary alicyclic amines) is 2. The van der Waals surface area contributed by atoms with Gasteiger partial charge in [-0.25, -0.2) is 0 Å². The zero-order chi connectivity index (χ0) is 25.5. The molecule has 1 aromatic carbocycles. The molecule has 0 radical (unpaired) electrons. The number of ether oxygens (including phenoxy) is 1. The molecule has 2 saturated heterocycles. The van der Waals surface area contributed by atoms with Gasteiger partial charge in [-0.3, -0.25) is 19.3 Å². The highest BCUT2D eigenvalue weighted by Gasteiger charge is 2.41. The third-order valence-corrected chi connectivity index (χ3v) is 7.98. The van der Waals surface area contributed by atoms with Gasteiger partial charge in [0.1, 0.15) is 5.75 Å². The van der Waals surface area contributed by atoms with E-state index in [4.69, 9.17) is 4.74 Å². The molecule has 8 nitrogen and oxygen atoms in total. The predicted molar refractivity (Wildman–Crippen MR) is 138 cm³/mol. The monoisotopic (exact) mass is 496 g/mol. The molecule has 0 unspecified atom stereocenters. The Bertz CT molecular complexity index is 953. The third-order valence-electron chi connectivity index (χ3n) is 7.98. The van der Waals surface area contributed by atoms with Crippen LogP contribution in [0.1, 0.15) is 51.5 Å². The molecule has 2 N–H and O–H groups in total. The summed E-state index contributed by atoms with van der Waals surface area (Å²) in [5.41, 5.74) is 0.694. The standard InChI is InChI=1S/C28H40N4O4/c1-3-36-24-9-7-22(8-10-24)19-31-15-11-25-23(20-31)6-4-5-12-28(27(35)29-18-26(34)30-25)13-16-32(17-14-28)21(2)33/h4-5,7-10,23,25H,3,6,11-20H2,1-2H3,(H,29,35)(H,30,34)/b5-4+/t23-,25+/m0/s1. The highest BCUT2D eigenvalue weighted by Crippen LogP contribution is 2.36. The fraction of sp³-hybridized carbons (Fsp3) is 0.607. The number of piperidine rings is 2. The summed E-state index contributed by atoms with van der Waals surface area (Å²) in [5.74, 6) is 1.05. The number of nitrogens with one attached hydrogen (secondary N) is 2. The number of allylic oxidation sites excluding steroid dienone is 2. The Morgan fingerprint density at radius 2 is 1.86 bits per heavy atom. The van der Waals surface area contributed by atoms with E-state index in [2.05, 4.69) is 39.8 Å². The summed E-state index contributed by atoms with van der Waals surface area (Å²) in [5, 5.41) is 6.09. The highest BCUT2D eigenvalue weighted by atomic mass is 16.5. The van der Waals surface area contributed by atoms with Crippen molar-refractivity contribution in [2.45, 2.75) is 58.5 Å². The Morgan fingerprint density at radius 1 is 1.11 bits per heavy atom. The minimum atomic E-state index is -0.562. The van der Waals surface area contributed by atoms with Crippen LogP contribution in [-0.4, -0.2) is 72.9 Å². The van der Waals surface area contributed by atoms with E-state index in [0.717, 1.165) is 38.2 Å². The maximum Gasteiger partial charge on any atom is 0.239 e. The minimum absolute atomic E-state index is 0.000164. The van der Waals surface area contributed by atoms with Crippen molar-refractivity contribution in [1.82, 2.24) is 20.4 Å². The van der Waals surface area contributed by atoms with Gasteiger partial charge in [0, 0.05) is 45.7 Å². The van der Waals surface area contributed by atoms with Crippen LogP contribution in [-0.2, 0) is 20.9 Å². The zero-order valence-electron chi connectivity index (χ0n) is 21.6. The van der Waals surface area contributed by atoms with Crippen molar-refractivity contribution in [2.75, 3.05) is 39.3 Å². The molecule has 3 heterocycles. The van der Waals surface area contributed by atoms with Crippen molar-refractivity contribution in [3.63, 3.8) is 0 Å². The van der Waals surface area contributed by atoms with Crippen LogP contribution in [0.25, 0.3) is 0 Å². The van der Waals surface area contributed by atoms with Crippen LogP contribution in [0.15, 0.2) is 36.4 Å². The van der Waals surface area contributed by atoms with Crippen LogP contribution in [0.5, 0.6) is 5.75 Å². The summed E-state index contributed by atoms with van der Waals surface area (Å²) in [7, 11) is 0. The predicted octanol–water partition coefficient (Wildman–Crippen LogP) is 2.49. The number of hydrogen-bond acceptors (Lipinski definition) is 5. The van der Waals surface area contributed by atoms with Crippen LogP contribution < -0.4 is 15.4 Å². The summed E-state index contributed by atoms with van der Waals surface area (Å²) in [6, 6.07) is 8.40. The average Bonchev–Trinajstić information content (AvgIpc) is 2.87. The molecule has 3 aliphatic rings. The maximum atomic E-state index is 13.1. The van der Waals surface area contributed by atoms with E-state index >= 15 is 0 Å². The van der Waals surface area contributed by atoms with Gasteiger partial charge in [-0.05, 0) is 62.6 Å². The molecule has 3 amide bonds. The van der Waals surface area contributed by atoms with Gasteiger partial charge in [-0.1, -0.05) is 24.3 Å². The van der Waals surface area contributed by atoms with E-state index in [1.54, 1.807) is 11.8 Å². The fourth-order valence-corrected chi connectivity index (χ4v) is 5.76. The van der Waals surface area contributed by atoms with Crippen LogP contribution >= 0.6 is 0 Å². The smallest absolute Gasteiger partial charge is 0.239 e. The lowest BCUT2D eigenvalue weighted by atomic mass is 9.74. The Balaban J connectivity index is 1.41. The lowest BCUT2D eigenvalue weighted by Crippen LogP contribution is -2.54. The van der Waals surface area contributed by atoms with Gasteiger partial charge in [0.05, 0.1) is 18.6 Å². The van der Waals surface area contributed by atoms with Gasteiger partial charge < -0.3 is 20.3 Å². The van der Waals surface area contributed by atoms with E-state index in [9.17, 15) is 14.4 Å². The van der Waals surface area contributed by atoms with Gasteiger partial charge in [0.2, 0.25) is 17.7 Å². The molecule has 1 aromatic rings. The van der Waals surface area contributed by atoms with Crippen LogP contribution in [0.4, 0.5) is 0 Å². The minimum Gasteiger partial charge on any atom is -0.494 e. The summed E-state index contributed by atoms with van der Waals surface area (Å²) >= 11 is 0.